The van der Waals surface area contributed by atoms with Gasteiger partial charge in [-0.2, -0.15) is 0 Å². The Morgan fingerprint density at radius 2 is 1.97 bits per heavy atom. The van der Waals surface area contributed by atoms with Gasteiger partial charge in [0, 0.05) is 18.1 Å². The first-order chi connectivity index (χ1) is 13.8. The Hall–Kier alpha value is -1.60. The highest BCUT2D eigenvalue weighted by molar-refractivity contribution is 7.92. The number of carbonyl (C=O) groups is 1. The van der Waals surface area contributed by atoms with Crippen LogP contribution in [0, 0.1) is 11.8 Å². The van der Waals surface area contributed by atoms with Crippen molar-refractivity contribution in [3.05, 3.63) is 28.8 Å². The maximum Gasteiger partial charge on any atom is 0.339 e. The summed E-state index contributed by atoms with van der Waals surface area (Å²) in [5, 5.41) is 9.92. The summed E-state index contributed by atoms with van der Waals surface area (Å²) in [5.41, 5.74) is 1.08. The van der Waals surface area contributed by atoms with Crippen molar-refractivity contribution in [1.82, 2.24) is 0 Å². The molecule has 2 atom stereocenters. The van der Waals surface area contributed by atoms with Crippen LogP contribution in [-0.2, 0) is 20.3 Å². The maximum atomic E-state index is 13.5. The van der Waals surface area contributed by atoms with E-state index in [-0.39, 0.29) is 28.9 Å². The molecule has 2 unspecified atom stereocenters. The number of hydrogen-bond donors (Lipinski definition) is 1. The predicted octanol–water partition coefficient (Wildman–Crippen LogP) is 3.78. The zero-order chi connectivity index (χ0) is 20.8. The number of methoxy groups -OCH3 is 1. The molecule has 2 bridgehead atoms. The summed E-state index contributed by atoms with van der Waals surface area (Å²) in [4.78, 5) is 12.1. The average Bonchev–Trinajstić information content (AvgIpc) is 3.22. The Kier molecular flexibility index (Phi) is 5.40. The van der Waals surface area contributed by atoms with Gasteiger partial charge in [-0.05, 0) is 50.0 Å². The zero-order valence-corrected chi connectivity index (χ0v) is 18.0. The first-order valence-electron chi connectivity index (χ1n) is 10.5. The molecule has 7 heteroatoms. The van der Waals surface area contributed by atoms with Gasteiger partial charge in [-0.1, -0.05) is 25.0 Å². The molecule has 1 aliphatic heterocycles. The maximum absolute atomic E-state index is 13.5. The van der Waals surface area contributed by atoms with E-state index >= 15 is 0 Å². The van der Waals surface area contributed by atoms with Crippen LogP contribution in [0.2, 0.25) is 0 Å². The first-order valence-corrected chi connectivity index (χ1v) is 12.1. The van der Waals surface area contributed by atoms with Gasteiger partial charge < -0.3 is 14.6 Å². The van der Waals surface area contributed by atoms with Crippen LogP contribution in [0.4, 0.5) is 0 Å². The fourth-order valence-corrected chi connectivity index (χ4v) is 8.00. The number of ether oxygens (including phenoxy) is 2. The quantitative estimate of drug-likeness (QED) is 0.750. The number of carboxylic acids is 1. The molecular weight excluding hydrogens is 392 g/mol. The molecule has 0 aromatic heterocycles. The standard InChI is InChI=1S/C22H30O6S/c1-22(11-14-3-6-17(22)7-4-14)29(25,26)13-16-5-8-18(15-9-10-28-12-15)20(27-2)19(16)21(23)24/h5,8,14-15,17H,3-4,6-7,9-13H2,1-2H3,(H,23,24). The van der Waals surface area contributed by atoms with Crippen LogP contribution < -0.4 is 4.74 Å². The van der Waals surface area contributed by atoms with Crippen molar-refractivity contribution < 1.29 is 27.8 Å². The second-order valence-corrected chi connectivity index (χ2v) is 11.5. The Labute approximate surface area is 172 Å². The Balaban J connectivity index is 1.72. The van der Waals surface area contributed by atoms with E-state index in [4.69, 9.17) is 9.47 Å². The molecule has 29 heavy (non-hydrogen) atoms. The summed E-state index contributed by atoms with van der Waals surface area (Å²) in [6.45, 7) is 3.03. The van der Waals surface area contributed by atoms with Gasteiger partial charge in [0.15, 0.2) is 9.84 Å². The number of benzene rings is 1. The minimum absolute atomic E-state index is 0.0231. The minimum Gasteiger partial charge on any atom is -0.496 e. The van der Waals surface area contributed by atoms with Gasteiger partial charge in [0.1, 0.15) is 11.3 Å². The summed E-state index contributed by atoms with van der Waals surface area (Å²) >= 11 is 0. The van der Waals surface area contributed by atoms with Gasteiger partial charge >= 0.3 is 5.97 Å². The monoisotopic (exact) mass is 422 g/mol. The Morgan fingerprint density at radius 1 is 1.24 bits per heavy atom. The molecular formula is C22H30O6S. The molecule has 4 fully saturated rings. The molecule has 1 aromatic carbocycles. The smallest absolute Gasteiger partial charge is 0.339 e. The third-order valence-corrected chi connectivity index (χ3v) is 10.1. The predicted molar refractivity (Wildman–Crippen MR) is 109 cm³/mol. The molecule has 0 amide bonds. The van der Waals surface area contributed by atoms with Crippen molar-refractivity contribution in [2.45, 2.75) is 61.9 Å². The number of rotatable bonds is 6. The molecule has 3 aliphatic carbocycles. The van der Waals surface area contributed by atoms with E-state index in [1.54, 1.807) is 6.07 Å². The van der Waals surface area contributed by atoms with E-state index in [1.165, 1.54) is 7.11 Å². The third-order valence-electron chi connectivity index (χ3n) is 7.52. The number of sulfone groups is 1. The lowest BCUT2D eigenvalue weighted by Crippen LogP contribution is -2.51. The minimum atomic E-state index is -3.52. The van der Waals surface area contributed by atoms with Gasteiger partial charge in [0.2, 0.25) is 0 Å². The summed E-state index contributed by atoms with van der Waals surface area (Å²) in [5.74, 6) is -0.424. The molecule has 1 heterocycles. The van der Waals surface area contributed by atoms with E-state index in [0.29, 0.717) is 31.1 Å². The molecule has 1 aromatic rings. The SMILES string of the molecule is COc1c(C2CCOC2)ccc(CS(=O)(=O)C2(C)CC3CCC2CC3)c1C(=O)O. The molecule has 1 saturated heterocycles. The number of carboxylic acid groups (broad SMARTS) is 1. The molecule has 0 spiro atoms. The molecule has 5 rings (SSSR count). The first kappa shape index (κ1) is 20.7. The van der Waals surface area contributed by atoms with E-state index in [0.717, 1.165) is 37.7 Å². The molecule has 4 aliphatic rings. The van der Waals surface area contributed by atoms with Crippen molar-refractivity contribution in [2.24, 2.45) is 11.8 Å². The van der Waals surface area contributed by atoms with Crippen molar-refractivity contribution >= 4 is 15.8 Å². The molecule has 6 nitrogen and oxygen atoms in total. The topological polar surface area (TPSA) is 89.9 Å². The lowest BCUT2D eigenvalue weighted by molar-refractivity contribution is 0.0692. The third kappa shape index (κ3) is 3.46. The van der Waals surface area contributed by atoms with E-state index < -0.39 is 20.6 Å². The number of hydrogen-bond acceptors (Lipinski definition) is 5. The van der Waals surface area contributed by atoms with E-state index in [1.807, 2.05) is 13.0 Å². The second kappa shape index (κ2) is 7.58. The summed E-state index contributed by atoms with van der Waals surface area (Å²) in [7, 11) is -2.08. The normalized spacial score (nSPS) is 31.7. The van der Waals surface area contributed by atoms with Gasteiger partial charge in [0.05, 0.1) is 24.2 Å². The van der Waals surface area contributed by atoms with Gasteiger partial charge in [-0.25, -0.2) is 13.2 Å². The number of fused-ring (bicyclic) bond motifs is 3. The molecule has 0 radical (unpaired) electrons. The van der Waals surface area contributed by atoms with Crippen molar-refractivity contribution in [3.8, 4) is 5.75 Å². The molecule has 1 N–H and O–H groups in total. The highest BCUT2D eigenvalue weighted by Crippen LogP contribution is 2.52. The van der Waals surface area contributed by atoms with Crippen LogP contribution in [0.1, 0.15) is 72.9 Å². The van der Waals surface area contributed by atoms with Crippen molar-refractivity contribution in [2.75, 3.05) is 20.3 Å². The molecule has 160 valence electrons. The Bertz CT molecular complexity index is 894. The van der Waals surface area contributed by atoms with E-state index in [9.17, 15) is 18.3 Å². The van der Waals surface area contributed by atoms with Crippen LogP contribution in [-0.4, -0.2) is 44.6 Å². The van der Waals surface area contributed by atoms with Crippen LogP contribution in [0.5, 0.6) is 5.75 Å². The average molecular weight is 423 g/mol. The van der Waals surface area contributed by atoms with Crippen LogP contribution in [0.25, 0.3) is 0 Å². The van der Waals surface area contributed by atoms with Gasteiger partial charge in [-0.3, -0.25) is 0 Å². The lowest BCUT2D eigenvalue weighted by atomic mass is 9.65. The highest BCUT2D eigenvalue weighted by Gasteiger charge is 2.52. The van der Waals surface area contributed by atoms with Crippen LogP contribution >= 0.6 is 0 Å². The fourth-order valence-electron chi connectivity index (χ4n) is 5.78. The fraction of sp³-hybridized carbons (Fsp3) is 0.682. The summed E-state index contributed by atoms with van der Waals surface area (Å²) in [6, 6.07) is 3.49. The van der Waals surface area contributed by atoms with E-state index in [2.05, 4.69) is 0 Å². The number of aromatic carboxylic acids is 1. The highest BCUT2D eigenvalue weighted by atomic mass is 32.2. The zero-order valence-electron chi connectivity index (χ0n) is 17.1. The van der Waals surface area contributed by atoms with Gasteiger partial charge in [0.25, 0.3) is 0 Å². The van der Waals surface area contributed by atoms with Crippen molar-refractivity contribution in [1.29, 1.82) is 0 Å². The Morgan fingerprint density at radius 3 is 2.48 bits per heavy atom. The summed E-state index contributed by atoms with van der Waals surface area (Å²) < 4.78 is 37.2. The van der Waals surface area contributed by atoms with Crippen LogP contribution in [0.15, 0.2) is 12.1 Å². The molecule has 3 saturated carbocycles. The van der Waals surface area contributed by atoms with Crippen LogP contribution in [0.3, 0.4) is 0 Å². The second-order valence-electron chi connectivity index (χ2n) is 9.08. The lowest BCUT2D eigenvalue weighted by Gasteiger charge is -2.49. The summed E-state index contributed by atoms with van der Waals surface area (Å²) in [6.07, 6.45) is 5.63. The van der Waals surface area contributed by atoms with Gasteiger partial charge in [-0.15, -0.1) is 0 Å². The largest absolute Gasteiger partial charge is 0.496 e. The van der Waals surface area contributed by atoms with Crippen molar-refractivity contribution in [3.63, 3.8) is 0 Å².